The fraction of sp³-hybridized carbons (Fsp3) is 0.562. The Morgan fingerprint density at radius 3 is 2.17 bits per heavy atom. The summed E-state index contributed by atoms with van der Waals surface area (Å²) in [7, 11) is 0. The van der Waals surface area contributed by atoms with Crippen LogP contribution in [0.1, 0.15) is 51.5 Å². The van der Waals surface area contributed by atoms with E-state index >= 15 is 0 Å². The molecule has 1 aliphatic rings. The molecular weight excluding hydrogens is 222 g/mol. The van der Waals surface area contributed by atoms with E-state index in [0.717, 1.165) is 18.5 Å². The maximum absolute atomic E-state index is 11.9. The van der Waals surface area contributed by atoms with Gasteiger partial charge in [-0.25, -0.2) is 0 Å². The van der Waals surface area contributed by atoms with Gasteiger partial charge < -0.3 is 5.32 Å². The molecule has 1 N–H and O–H groups in total. The molecule has 0 atom stereocenters. The molecule has 0 heterocycles. The number of anilines is 1. The number of hydrogen-bond acceptors (Lipinski definition) is 1. The van der Waals surface area contributed by atoms with Crippen molar-refractivity contribution in [2.75, 3.05) is 5.32 Å². The summed E-state index contributed by atoms with van der Waals surface area (Å²) in [6, 6.07) is 7.99. The zero-order valence-corrected chi connectivity index (χ0v) is 11.8. The van der Waals surface area contributed by atoms with Crippen molar-refractivity contribution in [1.29, 1.82) is 0 Å². The highest BCUT2D eigenvalue weighted by Gasteiger charge is 2.20. The average Bonchev–Trinajstić information content (AvgIpc) is 2.44. The van der Waals surface area contributed by atoms with Crippen molar-refractivity contribution in [1.82, 2.24) is 0 Å². The normalized spacial score (nSPS) is 15.5. The molecule has 0 radical (unpaired) electrons. The third kappa shape index (κ3) is 4.52. The highest BCUT2D eigenvalue weighted by molar-refractivity contribution is 5.92. The zero-order valence-electron chi connectivity index (χ0n) is 11.8. The third-order valence-electron chi connectivity index (χ3n) is 3.30. The molecule has 0 spiro atoms. The molecular formula is C16H25NO. The van der Waals surface area contributed by atoms with Crippen molar-refractivity contribution >= 4 is 11.6 Å². The Morgan fingerprint density at radius 1 is 1.06 bits per heavy atom. The first-order valence-corrected chi connectivity index (χ1v) is 7.13. The van der Waals surface area contributed by atoms with Crippen LogP contribution in [0.5, 0.6) is 0 Å². The van der Waals surface area contributed by atoms with E-state index in [1.807, 2.05) is 45.0 Å². The van der Waals surface area contributed by atoms with E-state index in [-0.39, 0.29) is 11.8 Å². The lowest BCUT2D eigenvalue weighted by atomic mass is 9.88. The molecule has 0 bridgehead atoms. The molecule has 2 nitrogen and oxygen atoms in total. The minimum Gasteiger partial charge on any atom is -0.326 e. The number of benzene rings is 1. The second kappa shape index (κ2) is 7.91. The number of rotatable bonds is 2. The molecule has 1 amide bonds. The first kappa shape index (κ1) is 14.7. The van der Waals surface area contributed by atoms with Crippen molar-refractivity contribution in [3.63, 3.8) is 0 Å². The Bertz CT molecular complexity index is 350. The lowest BCUT2D eigenvalue weighted by Gasteiger charge is -2.20. The van der Waals surface area contributed by atoms with Crippen LogP contribution in [0, 0.1) is 12.8 Å². The van der Waals surface area contributed by atoms with Crippen LogP contribution in [0.15, 0.2) is 24.3 Å². The van der Waals surface area contributed by atoms with Gasteiger partial charge in [-0.3, -0.25) is 4.79 Å². The Balaban J connectivity index is 0.000000771. The molecule has 100 valence electrons. The summed E-state index contributed by atoms with van der Waals surface area (Å²) in [4.78, 5) is 11.9. The zero-order chi connectivity index (χ0) is 13.4. The lowest BCUT2D eigenvalue weighted by Crippen LogP contribution is -2.24. The third-order valence-corrected chi connectivity index (χ3v) is 3.30. The average molecular weight is 247 g/mol. The molecule has 1 aromatic rings. The largest absolute Gasteiger partial charge is 0.326 e. The number of amides is 1. The van der Waals surface area contributed by atoms with E-state index in [2.05, 4.69) is 5.32 Å². The molecule has 1 aliphatic carbocycles. The van der Waals surface area contributed by atoms with Crippen molar-refractivity contribution in [3.05, 3.63) is 29.8 Å². The van der Waals surface area contributed by atoms with Gasteiger partial charge >= 0.3 is 0 Å². The van der Waals surface area contributed by atoms with Crippen LogP contribution in [0.25, 0.3) is 0 Å². The molecule has 0 unspecified atom stereocenters. The van der Waals surface area contributed by atoms with Crippen molar-refractivity contribution in [3.8, 4) is 0 Å². The highest BCUT2D eigenvalue weighted by Crippen LogP contribution is 2.24. The predicted octanol–water partition coefficient (Wildman–Crippen LogP) is 4.54. The van der Waals surface area contributed by atoms with Crippen molar-refractivity contribution < 1.29 is 4.79 Å². The smallest absolute Gasteiger partial charge is 0.227 e. The summed E-state index contributed by atoms with van der Waals surface area (Å²) >= 11 is 0. The Morgan fingerprint density at radius 2 is 1.61 bits per heavy atom. The fourth-order valence-corrected chi connectivity index (χ4v) is 2.25. The summed E-state index contributed by atoms with van der Waals surface area (Å²) in [5.74, 6) is 0.429. The molecule has 18 heavy (non-hydrogen) atoms. The second-order valence-corrected chi connectivity index (χ2v) is 4.69. The number of hydrogen-bond donors (Lipinski definition) is 1. The summed E-state index contributed by atoms with van der Waals surface area (Å²) < 4.78 is 0. The second-order valence-electron chi connectivity index (χ2n) is 4.69. The van der Waals surface area contributed by atoms with E-state index in [1.165, 1.54) is 24.8 Å². The Labute approximate surface area is 111 Å². The highest BCUT2D eigenvalue weighted by atomic mass is 16.1. The molecule has 0 aromatic heterocycles. The van der Waals surface area contributed by atoms with E-state index in [0.29, 0.717) is 0 Å². The van der Waals surface area contributed by atoms with Gasteiger partial charge in [0.2, 0.25) is 5.91 Å². The quantitative estimate of drug-likeness (QED) is 0.816. The Kier molecular flexibility index (Phi) is 6.48. The molecule has 0 saturated heterocycles. The van der Waals surface area contributed by atoms with Crippen LogP contribution < -0.4 is 5.32 Å². The maximum Gasteiger partial charge on any atom is 0.227 e. The number of nitrogens with one attached hydrogen (secondary N) is 1. The number of aryl methyl sites for hydroxylation is 1. The minimum atomic E-state index is 0.198. The fourth-order valence-electron chi connectivity index (χ4n) is 2.25. The van der Waals surface area contributed by atoms with E-state index in [4.69, 9.17) is 0 Å². The van der Waals surface area contributed by atoms with Gasteiger partial charge in [-0.15, -0.1) is 0 Å². The monoisotopic (exact) mass is 247 g/mol. The minimum absolute atomic E-state index is 0.198. The molecule has 1 saturated carbocycles. The predicted molar refractivity (Wildman–Crippen MR) is 77.7 cm³/mol. The summed E-state index contributed by atoms with van der Waals surface area (Å²) in [5.41, 5.74) is 2.14. The summed E-state index contributed by atoms with van der Waals surface area (Å²) in [6.07, 6.45) is 5.79. The van der Waals surface area contributed by atoms with E-state index in [1.54, 1.807) is 0 Å². The van der Waals surface area contributed by atoms with E-state index < -0.39 is 0 Å². The molecule has 1 aromatic carbocycles. The maximum atomic E-state index is 11.9. The molecule has 1 fully saturated rings. The Hall–Kier alpha value is -1.31. The van der Waals surface area contributed by atoms with Gasteiger partial charge in [0.1, 0.15) is 0 Å². The summed E-state index contributed by atoms with van der Waals surface area (Å²) in [6.45, 7) is 6.05. The number of carbonyl (C=O) groups excluding carboxylic acids is 1. The van der Waals surface area contributed by atoms with Crippen LogP contribution in [0.4, 0.5) is 5.69 Å². The van der Waals surface area contributed by atoms with E-state index in [9.17, 15) is 4.79 Å². The van der Waals surface area contributed by atoms with Crippen LogP contribution in [-0.2, 0) is 4.79 Å². The van der Waals surface area contributed by atoms with Gasteiger partial charge in [-0.1, -0.05) is 50.8 Å². The number of carbonyl (C=O) groups is 1. The van der Waals surface area contributed by atoms with Gasteiger partial charge in [0.05, 0.1) is 0 Å². The first-order chi connectivity index (χ1) is 8.75. The lowest BCUT2D eigenvalue weighted by molar-refractivity contribution is -0.120. The molecule has 2 heteroatoms. The standard InChI is InChI=1S/C14H19NO.C2H6/c1-11-7-9-13(10-8-11)15-14(16)12-5-3-2-4-6-12;1-2/h7-10,12H,2-6H2,1H3,(H,15,16);1-2H3. The van der Waals surface area contributed by atoms with Crippen LogP contribution in [0.2, 0.25) is 0 Å². The van der Waals surface area contributed by atoms with Crippen LogP contribution in [0.3, 0.4) is 0 Å². The van der Waals surface area contributed by atoms with Crippen LogP contribution >= 0.6 is 0 Å². The summed E-state index contributed by atoms with van der Waals surface area (Å²) in [5, 5.41) is 3.00. The molecule has 2 rings (SSSR count). The first-order valence-electron chi connectivity index (χ1n) is 7.13. The van der Waals surface area contributed by atoms with Gasteiger partial charge in [-0.05, 0) is 31.9 Å². The molecule has 0 aliphatic heterocycles. The SMILES string of the molecule is CC.Cc1ccc(NC(=O)C2CCCCC2)cc1. The van der Waals surface area contributed by atoms with Gasteiger partial charge in [0.25, 0.3) is 0 Å². The van der Waals surface area contributed by atoms with Gasteiger partial charge in [0.15, 0.2) is 0 Å². The van der Waals surface area contributed by atoms with Crippen molar-refractivity contribution in [2.24, 2.45) is 5.92 Å². The van der Waals surface area contributed by atoms with Gasteiger partial charge in [-0.2, -0.15) is 0 Å². The topological polar surface area (TPSA) is 29.1 Å². The van der Waals surface area contributed by atoms with Gasteiger partial charge in [0, 0.05) is 11.6 Å². The van der Waals surface area contributed by atoms with Crippen LogP contribution in [-0.4, -0.2) is 5.91 Å². The van der Waals surface area contributed by atoms with Crippen molar-refractivity contribution in [2.45, 2.75) is 52.9 Å².